The highest BCUT2D eigenvalue weighted by Crippen LogP contribution is 2.16. The zero-order valence-electron chi connectivity index (χ0n) is 10.7. The summed E-state index contributed by atoms with van der Waals surface area (Å²) in [5.41, 5.74) is 0.801. The van der Waals surface area contributed by atoms with E-state index in [1.165, 1.54) is 12.8 Å². The van der Waals surface area contributed by atoms with Crippen LogP contribution in [0.1, 0.15) is 19.8 Å². The molecule has 3 nitrogen and oxygen atoms in total. The lowest BCUT2D eigenvalue weighted by atomic mass is 9.99. The lowest BCUT2D eigenvalue weighted by molar-refractivity contribution is -0.117. The molecule has 1 heterocycles. The first-order chi connectivity index (χ1) is 8.63. The fourth-order valence-electron chi connectivity index (χ4n) is 2.16. The summed E-state index contributed by atoms with van der Waals surface area (Å²) in [6.45, 7) is 4.80. The van der Waals surface area contributed by atoms with Crippen LogP contribution in [0.4, 0.5) is 5.69 Å². The lowest BCUT2D eigenvalue weighted by Crippen LogP contribution is -2.38. The van der Waals surface area contributed by atoms with Crippen molar-refractivity contribution in [2.24, 2.45) is 5.92 Å². The first kappa shape index (κ1) is 13.4. The smallest absolute Gasteiger partial charge is 0.238 e. The van der Waals surface area contributed by atoms with E-state index in [9.17, 15) is 4.79 Å². The Morgan fingerprint density at radius 3 is 2.56 bits per heavy atom. The van der Waals surface area contributed by atoms with E-state index in [4.69, 9.17) is 11.6 Å². The Bertz CT molecular complexity index is 397. The highest BCUT2D eigenvalue weighted by molar-refractivity contribution is 6.30. The summed E-state index contributed by atoms with van der Waals surface area (Å²) in [6.07, 6.45) is 2.38. The van der Waals surface area contributed by atoms with Gasteiger partial charge in [0, 0.05) is 10.7 Å². The van der Waals surface area contributed by atoms with Gasteiger partial charge in [-0.1, -0.05) is 18.5 Å². The van der Waals surface area contributed by atoms with Crippen molar-refractivity contribution in [1.29, 1.82) is 0 Å². The van der Waals surface area contributed by atoms with Crippen LogP contribution in [0.15, 0.2) is 24.3 Å². The largest absolute Gasteiger partial charge is 0.325 e. The first-order valence-electron chi connectivity index (χ1n) is 6.41. The summed E-state index contributed by atoms with van der Waals surface area (Å²) >= 11 is 5.80. The molecule has 98 valence electrons. The van der Waals surface area contributed by atoms with Gasteiger partial charge in [0.25, 0.3) is 0 Å². The summed E-state index contributed by atoms with van der Waals surface area (Å²) in [7, 11) is 0. The molecule has 1 fully saturated rings. The maximum absolute atomic E-state index is 11.9. The van der Waals surface area contributed by atoms with Gasteiger partial charge in [0.1, 0.15) is 0 Å². The molecule has 0 bridgehead atoms. The molecule has 1 aliphatic heterocycles. The molecule has 1 aromatic rings. The van der Waals surface area contributed by atoms with Crippen molar-refractivity contribution in [3.63, 3.8) is 0 Å². The van der Waals surface area contributed by atoms with Gasteiger partial charge in [0.2, 0.25) is 5.91 Å². The molecule has 2 rings (SSSR count). The van der Waals surface area contributed by atoms with Crippen molar-refractivity contribution < 1.29 is 4.79 Å². The third-order valence-electron chi connectivity index (χ3n) is 3.37. The van der Waals surface area contributed by atoms with Crippen molar-refractivity contribution in [3.05, 3.63) is 29.3 Å². The fraction of sp³-hybridized carbons (Fsp3) is 0.500. The highest BCUT2D eigenvalue weighted by Gasteiger charge is 2.17. The van der Waals surface area contributed by atoms with E-state index in [0.717, 1.165) is 24.7 Å². The maximum Gasteiger partial charge on any atom is 0.238 e. The monoisotopic (exact) mass is 266 g/mol. The number of piperidine rings is 1. The lowest BCUT2D eigenvalue weighted by Gasteiger charge is -2.29. The van der Waals surface area contributed by atoms with Gasteiger partial charge in [-0.05, 0) is 56.1 Å². The number of carbonyl (C=O) groups is 1. The van der Waals surface area contributed by atoms with Crippen molar-refractivity contribution in [3.8, 4) is 0 Å². The van der Waals surface area contributed by atoms with E-state index >= 15 is 0 Å². The van der Waals surface area contributed by atoms with Crippen LogP contribution in [0.5, 0.6) is 0 Å². The maximum atomic E-state index is 11.9. The molecule has 1 aromatic carbocycles. The minimum absolute atomic E-state index is 0.0480. The van der Waals surface area contributed by atoms with Crippen LogP contribution in [0, 0.1) is 5.92 Å². The summed E-state index contributed by atoms with van der Waals surface area (Å²) in [6, 6.07) is 7.19. The number of likely N-dealkylation sites (tertiary alicyclic amines) is 1. The van der Waals surface area contributed by atoms with E-state index in [1.54, 1.807) is 12.1 Å². The fourth-order valence-corrected chi connectivity index (χ4v) is 2.28. The second kappa shape index (κ2) is 6.21. The van der Waals surface area contributed by atoms with E-state index in [-0.39, 0.29) is 5.91 Å². The number of rotatable bonds is 3. The predicted molar refractivity (Wildman–Crippen MR) is 74.9 cm³/mol. The van der Waals surface area contributed by atoms with Gasteiger partial charge in [-0.3, -0.25) is 9.69 Å². The van der Waals surface area contributed by atoms with Crippen molar-refractivity contribution >= 4 is 23.2 Å². The molecular formula is C14H19ClN2O. The summed E-state index contributed by atoms with van der Waals surface area (Å²) < 4.78 is 0. The minimum Gasteiger partial charge on any atom is -0.325 e. The first-order valence-corrected chi connectivity index (χ1v) is 6.79. The number of nitrogens with zero attached hydrogens (tertiary/aromatic N) is 1. The minimum atomic E-state index is 0.0480. The second-order valence-electron chi connectivity index (χ2n) is 5.01. The zero-order chi connectivity index (χ0) is 13.0. The van der Waals surface area contributed by atoms with Crippen LogP contribution in [-0.2, 0) is 4.79 Å². The molecule has 0 spiro atoms. The Balaban J connectivity index is 1.80. The Kier molecular flexibility index (Phi) is 4.61. The van der Waals surface area contributed by atoms with E-state index in [0.29, 0.717) is 11.6 Å². The Labute approximate surface area is 113 Å². The Morgan fingerprint density at radius 2 is 1.94 bits per heavy atom. The van der Waals surface area contributed by atoms with E-state index in [2.05, 4.69) is 17.1 Å². The third kappa shape index (κ3) is 4.00. The van der Waals surface area contributed by atoms with Gasteiger partial charge in [-0.2, -0.15) is 0 Å². The number of carbonyl (C=O) groups excluding carboxylic acids is 1. The topological polar surface area (TPSA) is 32.3 Å². The summed E-state index contributed by atoms with van der Waals surface area (Å²) in [4.78, 5) is 14.1. The molecule has 4 heteroatoms. The highest BCUT2D eigenvalue weighted by atomic mass is 35.5. The Morgan fingerprint density at radius 1 is 1.33 bits per heavy atom. The van der Waals surface area contributed by atoms with Gasteiger partial charge in [-0.25, -0.2) is 0 Å². The Hall–Kier alpha value is -1.06. The van der Waals surface area contributed by atoms with Crippen molar-refractivity contribution in [2.45, 2.75) is 19.8 Å². The van der Waals surface area contributed by atoms with Crippen LogP contribution in [-0.4, -0.2) is 30.4 Å². The zero-order valence-corrected chi connectivity index (χ0v) is 11.4. The average molecular weight is 267 g/mol. The molecule has 1 aliphatic rings. The van der Waals surface area contributed by atoms with Crippen molar-refractivity contribution in [2.75, 3.05) is 25.0 Å². The molecule has 1 N–H and O–H groups in total. The van der Waals surface area contributed by atoms with E-state index in [1.807, 2.05) is 12.1 Å². The number of anilines is 1. The number of amides is 1. The molecule has 0 atom stereocenters. The van der Waals surface area contributed by atoms with Gasteiger partial charge in [-0.15, -0.1) is 0 Å². The molecule has 1 amide bonds. The van der Waals surface area contributed by atoms with Crippen molar-refractivity contribution in [1.82, 2.24) is 4.90 Å². The summed E-state index contributed by atoms with van der Waals surface area (Å²) in [5, 5.41) is 3.57. The van der Waals surface area contributed by atoms with Crippen LogP contribution in [0.3, 0.4) is 0 Å². The van der Waals surface area contributed by atoms with Crippen LogP contribution in [0.2, 0.25) is 5.02 Å². The average Bonchev–Trinajstić information content (AvgIpc) is 2.35. The SMILES string of the molecule is CC1CCN(CC(=O)Nc2ccc(Cl)cc2)CC1. The van der Waals surface area contributed by atoms with Gasteiger partial charge < -0.3 is 5.32 Å². The normalized spacial score (nSPS) is 17.7. The number of hydrogen-bond acceptors (Lipinski definition) is 2. The van der Waals surface area contributed by atoms with Crippen LogP contribution in [0.25, 0.3) is 0 Å². The van der Waals surface area contributed by atoms with Crippen LogP contribution >= 0.6 is 11.6 Å². The number of halogens is 1. The molecule has 1 saturated heterocycles. The standard InChI is InChI=1S/C14H19ClN2O/c1-11-6-8-17(9-7-11)10-14(18)16-13-4-2-12(15)3-5-13/h2-5,11H,6-10H2,1H3,(H,16,18). The molecular weight excluding hydrogens is 248 g/mol. The van der Waals surface area contributed by atoms with Crippen LogP contribution < -0.4 is 5.32 Å². The molecule has 0 saturated carbocycles. The number of benzene rings is 1. The predicted octanol–water partition coefficient (Wildman–Crippen LogP) is 3.01. The molecule has 0 aromatic heterocycles. The number of hydrogen-bond donors (Lipinski definition) is 1. The van der Waals surface area contributed by atoms with E-state index < -0.39 is 0 Å². The molecule has 18 heavy (non-hydrogen) atoms. The van der Waals surface area contributed by atoms with Gasteiger partial charge in [0.15, 0.2) is 0 Å². The second-order valence-corrected chi connectivity index (χ2v) is 5.45. The summed E-state index contributed by atoms with van der Waals surface area (Å²) in [5.74, 6) is 0.840. The number of nitrogens with one attached hydrogen (secondary N) is 1. The molecule has 0 aliphatic carbocycles. The molecule has 0 radical (unpaired) electrons. The van der Waals surface area contributed by atoms with Gasteiger partial charge >= 0.3 is 0 Å². The third-order valence-corrected chi connectivity index (χ3v) is 3.62. The molecule has 0 unspecified atom stereocenters. The quantitative estimate of drug-likeness (QED) is 0.912. The van der Waals surface area contributed by atoms with Gasteiger partial charge in [0.05, 0.1) is 6.54 Å².